The van der Waals surface area contributed by atoms with E-state index in [9.17, 15) is 18.0 Å². The second-order valence-electron chi connectivity index (χ2n) is 4.77. The Balaban J connectivity index is 1.91. The molecule has 2 aromatic rings. The van der Waals surface area contributed by atoms with Crippen LogP contribution in [0.4, 0.5) is 13.2 Å². The number of hydrogen-bond donors (Lipinski definition) is 0. The molecule has 0 atom stereocenters. The van der Waals surface area contributed by atoms with Crippen molar-refractivity contribution >= 4 is 40.6 Å². The summed E-state index contributed by atoms with van der Waals surface area (Å²) in [4.78, 5) is 15.0. The fourth-order valence-electron chi connectivity index (χ4n) is 1.78. The van der Waals surface area contributed by atoms with Crippen LogP contribution in [0.25, 0.3) is 0 Å². The average Bonchev–Trinajstić information content (AvgIpc) is 2.89. The maximum Gasteiger partial charge on any atom is 0.416 e. The van der Waals surface area contributed by atoms with Crippen molar-refractivity contribution in [2.75, 3.05) is 12.8 Å². The van der Waals surface area contributed by atoms with Crippen molar-refractivity contribution in [1.29, 1.82) is 0 Å². The van der Waals surface area contributed by atoms with E-state index < -0.39 is 11.7 Å². The van der Waals surface area contributed by atoms with Crippen LogP contribution in [0.1, 0.15) is 10.4 Å². The number of thioether (sulfide) groups is 1. The second kappa shape index (κ2) is 7.59. The van der Waals surface area contributed by atoms with E-state index >= 15 is 0 Å². The first-order valence-corrected chi connectivity index (χ1v) is 8.72. The van der Waals surface area contributed by atoms with E-state index in [1.807, 2.05) is 6.07 Å². The molecular weight excluding hydrogens is 367 g/mol. The lowest BCUT2D eigenvalue weighted by molar-refractivity contribution is -0.137. The fourth-order valence-corrected chi connectivity index (χ4v) is 3.81. The number of nitrogens with zero attached hydrogens (tertiary/aromatic N) is 1. The number of hydrogen-bond acceptors (Lipinski definition) is 3. The Hall–Kier alpha value is -1.18. The minimum absolute atomic E-state index is 0.0803. The van der Waals surface area contributed by atoms with E-state index in [4.69, 9.17) is 11.6 Å². The van der Waals surface area contributed by atoms with Gasteiger partial charge in [0.25, 0.3) is 0 Å². The highest BCUT2D eigenvalue weighted by Gasteiger charge is 2.30. The number of alkyl halides is 3. The number of amides is 1. The molecule has 1 amide bonds. The first-order chi connectivity index (χ1) is 10.8. The van der Waals surface area contributed by atoms with Crippen molar-refractivity contribution in [2.45, 2.75) is 17.6 Å². The molecule has 2 nitrogen and oxygen atoms in total. The molecule has 1 aromatic carbocycles. The molecule has 0 saturated heterocycles. The van der Waals surface area contributed by atoms with Gasteiger partial charge in [0.15, 0.2) is 0 Å². The molecule has 8 heteroatoms. The Labute approximate surface area is 145 Å². The van der Waals surface area contributed by atoms with Crippen molar-refractivity contribution in [3.05, 3.63) is 51.2 Å². The molecule has 23 heavy (non-hydrogen) atoms. The molecule has 0 N–H and O–H groups in total. The Morgan fingerprint density at radius 3 is 2.65 bits per heavy atom. The monoisotopic (exact) mass is 379 g/mol. The van der Waals surface area contributed by atoms with Gasteiger partial charge < -0.3 is 4.90 Å². The molecule has 0 aliphatic carbocycles. The highest BCUT2D eigenvalue weighted by atomic mass is 35.5. The van der Waals surface area contributed by atoms with Gasteiger partial charge in [0.1, 0.15) is 0 Å². The number of carbonyl (C=O) groups excluding carboxylic acids is 1. The predicted molar refractivity (Wildman–Crippen MR) is 88.0 cm³/mol. The molecule has 1 aromatic heterocycles. The van der Waals surface area contributed by atoms with Gasteiger partial charge in [-0.15, -0.1) is 23.1 Å². The van der Waals surface area contributed by atoms with Crippen LogP contribution in [-0.4, -0.2) is 23.6 Å². The summed E-state index contributed by atoms with van der Waals surface area (Å²) in [7, 11) is 1.66. The minimum atomic E-state index is -4.38. The van der Waals surface area contributed by atoms with Crippen molar-refractivity contribution in [1.82, 2.24) is 4.90 Å². The van der Waals surface area contributed by atoms with Gasteiger partial charge in [0.05, 0.1) is 22.2 Å². The van der Waals surface area contributed by atoms with E-state index in [0.717, 1.165) is 28.8 Å². The van der Waals surface area contributed by atoms with Gasteiger partial charge in [-0.05, 0) is 30.3 Å². The largest absolute Gasteiger partial charge is 0.416 e. The Morgan fingerprint density at radius 1 is 1.30 bits per heavy atom. The number of halogens is 4. The third-order valence-electron chi connectivity index (χ3n) is 2.97. The van der Waals surface area contributed by atoms with Crippen LogP contribution >= 0.6 is 34.7 Å². The summed E-state index contributed by atoms with van der Waals surface area (Å²) < 4.78 is 38.6. The summed E-state index contributed by atoms with van der Waals surface area (Å²) >= 11 is 8.32. The number of thiophene rings is 1. The summed E-state index contributed by atoms with van der Waals surface area (Å²) in [5.74, 6) is -0.0753. The van der Waals surface area contributed by atoms with Crippen LogP contribution in [0.2, 0.25) is 4.34 Å². The lowest BCUT2D eigenvalue weighted by Crippen LogP contribution is -2.27. The lowest BCUT2D eigenvalue weighted by Gasteiger charge is -2.16. The van der Waals surface area contributed by atoms with Gasteiger partial charge in [0, 0.05) is 16.8 Å². The third kappa shape index (κ3) is 5.44. The van der Waals surface area contributed by atoms with Gasteiger partial charge in [-0.2, -0.15) is 13.2 Å². The van der Waals surface area contributed by atoms with Crippen molar-refractivity contribution in [2.24, 2.45) is 0 Å². The SMILES string of the molecule is CN(Cc1ccc(Cl)s1)C(=O)CSc1cccc(C(F)(F)F)c1. The number of benzene rings is 1. The Kier molecular flexibility index (Phi) is 6.00. The first kappa shape index (κ1) is 18.2. The summed E-state index contributed by atoms with van der Waals surface area (Å²) in [6.45, 7) is 0.430. The van der Waals surface area contributed by atoms with Crippen molar-refractivity contribution < 1.29 is 18.0 Å². The molecule has 0 unspecified atom stereocenters. The van der Waals surface area contributed by atoms with Crippen LogP contribution in [-0.2, 0) is 17.5 Å². The summed E-state index contributed by atoms with van der Waals surface area (Å²) in [5, 5.41) is 0. The van der Waals surface area contributed by atoms with Crippen molar-refractivity contribution in [3.8, 4) is 0 Å². The van der Waals surface area contributed by atoms with E-state index in [2.05, 4.69) is 0 Å². The van der Waals surface area contributed by atoms with Crippen molar-refractivity contribution in [3.63, 3.8) is 0 Å². The van der Waals surface area contributed by atoms with Crippen LogP contribution in [0.3, 0.4) is 0 Å². The zero-order chi connectivity index (χ0) is 17.0. The quantitative estimate of drug-likeness (QED) is 0.668. The lowest BCUT2D eigenvalue weighted by atomic mass is 10.2. The molecule has 0 spiro atoms. The van der Waals surface area contributed by atoms with Crippen LogP contribution in [0.15, 0.2) is 41.3 Å². The zero-order valence-electron chi connectivity index (χ0n) is 12.1. The Bertz CT molecular complexity index is 687. The summed E-state index contributed by atoms with van der Waals surface area (Å²) in [5.41, 5.74) is -0.712. The number of carbonyl (C=O) groups is 1. The Morgan fingerprint density at radius 2 is 2.04 bits per heavy atom. The van der Waals surface area contributed by atoms with Crippen LogP contribution in [0, 0.1) is 0 Å². The standard InChI is InChI=1S/C15H13ClF3NOS2/c1-20(8-12-5-6-13(16)23-12)14(21)9-22-11-4-2-3-10(7-11)15(17,18)19/h2-7H,8-9H2,1H3. The summed E-state index contributed by atoms with van der Waals surface area (Å²) in [6, 6.07) is 8.57. The van der Waals surface area contributed by atoms with Gasteiger partial charge in [-0.3, -0.25) is 4.79 Å². The molecule has 0 bridgehead atoms. The van der Waals surface area contributed by atoms with Gasteiger partial charge >= 0.3 is 6.18 Å². The molecule has 1 heterocycles. The van der Waals surface area contributed by atoms with Gasteiger partial charge in [0.2, 0.25) is 5.91 Å². The van der Waals surface area contributed by atoms with Gasteiger partial charge in [-0.25, -0.2) is 0 Å². The second-order valence-corrected chi connectivity index (χ2v) is 7.62. The predicted octanol–water partition coefficient (Wildman–Crippen LogP) is 5.17. The molecular formula is C15H13ClF3NOS2. The highest BCUT2D eigenvalue weighted by Crippen LogP contribution is 2.32. The maximum absolute atomic E-state index is 12.6. The fraction of sp³-hybridized carbons (Fsp3) is 0.267. The highest BCUT2D eigenvalue weighted by molar-refractivity contribution is 8.00. The third-order valence-corrected chi connectivity index (χ3v) is 5.17. The first-order valence-electron chi connectivity index (χ1n) is 6.54. The molecule has 0 aliphatic rings. The molecule has 0 radical (unpaired) electrons. The van der Waals surface area contributed by atoms with E-state index in [1.165, 1.54) is 22.3 Å². The molecule has 0 aliphatic heterocycles. The molecule has 124 valence electrons. The minimum Gasteiger partial charge on any atom is -0.340 e. The van der Waals surface area contributed by atoms with E-state index in [0.29, 0.717) is 15.8 Å². The average molecular weight is 380 g/mol. The number of rotatable bonds is 5. The van der Waals surface area contributed by atoms with E-state index in [1.54, 1.807) is 19.2 Å². The molecule has 0 fully saturated rings. The van der Waals surface area contributed by atoms with Crippen LogP contribution < -0.4 is 0 Å². The smallest absolute Gasteiger partial charge is 0.340 e. The molecule has 0 saturated carbocycles. The van der Waals surface area contributed by atoms with Gasteiger partial charge in [-0.1, -0.05) is 17.7 Å². The van der Waals surface area contributed by atoms with Crippen LogP contribution in [0.5, 0.6) is 0 Å². The normalized spacial score (nSPS) is 11.5. The summed E-state index contributed by atoms with van der Waals surface area (Å²) in [6.07, 6.45) is -4.38. The maximum atomic E-state index is 12.6. The topological polar surface area (TPSA) is 20.3 Å². The van der Waals surface area contributed by atoms with E-state index in [-0.39, 0.29) is 11.7 Å². The zero-order valence-corrected chi connectivity index (χ0v) is 14.5. The molecule has 2 rings (SSSR count).